The molecule has 2 saturated heterocycles. The topological polar surface area (TPSA) is 278 Å². The molecule has 0 aliphatic carbocycles. The first-order valence-corrected chi connectivity index (χ1v) is 12.1. The predicted molar refractivity (Wildman–Crippen MR) is 128 cm³/mol. The molecule has 0 aromatic heterocycles. The zero-order chi connectivity index (χ0) is 29.6. The summed E-state index contributed by atoms with van der Waals surface area (Å²) in [6.45, 7) is -1.79. The number of ketones is 1. The molecule has 15 nitrogen and oxygen atoms in total. The van der Waals surface area contributed by atoms with Crippen molar-refractivity contribution in [3.63, 3.8) is 0 Å². The molecule has 2 fully saturated rings. The number of phenolic OH excluding ortho intramolecular Hbond substituents is 4. The molecule has 10 atom stereocenters. The Labute approximate surface area is 225 Å². The second kappa shape index (κ2) is 11.4. The fourth-order valence-electron chi connectivity index (χ4n) is 4.98. The lowest BCUT2D eigenvalue weighted by Gasteiger charge is -2.42. The molecule has 2 aromatic rings. The van der Waals surface area contributed by atoms with Crippen LogP contribution in [-0.4, -0.2) is 129 Å². The maximum atomic E-state index is 13.5. The minimum Gasteiger partial charge on any atom is -0.508 e. The van der Waals surface area contributed by atoms with Crippen LogP contribution in [0.3, 0.4) is 0 Å². The molecule has 0 spiro atoms. The van der Waals surface area contributed by atoms with Crippen molar-refractivity contribution in [2.75, 3.05) is 13.2 Å². The van der Waals surface area contributed by atoms with Crippen molar-refractivity contribution in [2.24, 2.45) is 0 Å². The van der Waals surface area contributed by atoms with E-state index in [1.54, 1.807) is 0 Å². The summed E-state index contributed by atoms with van der Waals surface area (Å²) in [5, 5.41) is 125. The van der Waals surface area contributed by atoms with Gasteiger partial charge in [0, 0.05) is 5.56 Å². The molecule has 0 bridgehead atoms. The Bertz CT molecular complexity index is 1180. The van der Waals surface area contributed by atoms with E-state index in [9.17, 15) is 66.1 Å². The number of ether oxygens (including phenoxy) is 2. The third-order valence-corrected chi connectivity index (χ3v) is 7.18. The SMILES string of the molecule is O=C(c1cccc(O)c1)c1c(O)c([C@@H]2O[C@H](CO)[C@H](O)[C@H](O)[C@H]2O)c(O)c([C@@H]2O[C@H](CO)[C@H](O)[C@H](O)[C@H]2O)c1O. The van der Waals surface area contributed by atoms with Gasteiger partial charge in [0.1, 0.15) is 89.6 Å². The van der Waals surface area contributed by atoms with E-state index in [1.807, 2.05) is 0 Å². The Morgan fingerprint density at radius 3 is 1.50 bits per heavy atom. The van der Waals surface area contributed by atoms with Gasteiger partial charge in [-0.2, -0.15) is 0 Å². The standard InChI is InChI=1S/C25H30O15/c26-5-9-15(30)20(35)22(37)24(39-9)12-17(32)11(14(29)7-2-1-3-8(28)4-7)18(33)13(19(12)34)25-23(38)21(36)16(31)10(6-27)40-25/h1-4,9-10,15-16,20-28,30-38H,5-6H2/t9-,10-,15+,16+,20+,21+,22-,23-,24+,25+/m1/s1. The first kappa shape index (κ1) is 29.9. The minimum absolute atomic E-state index is 0.282. The van der Waals surface area contributed by atoms with Gasteiger partial charge in [0.25, 0.3) is 0 Å². The number of carbonyl (C=O) groups is 1. The van der Waals surface area contributed by atoms with Gasteiger partial charge in [0.05, 0.1) is 24.3 Å². The summed E-state index contributed by atoms with van der Waals surface area (Å²) < 4.78 is 10.9. The molecule has 4 rings (SSSR count). The van der Waals surface area contributed by atoms with Crippen molar-refractivity contribution in [1.29, 1.82) is 0 Å². The van der Waals surface area contributed by atoms with E-state index in [2.05, 4.69) is 0 Å². The third kappa shape index (κ3) is 4.86. The molecule has 15 heteroatoms. The summed E-state index contributed by atoms with van der Waals surface area (Å²) in [5.74, 6) is -5.03. The first-order valence-electron chi connectivity index (χ1n) is 12.1. The van der Waals surface area contributed by atoms with Gasteiger partial charge in [-0.1, -0.05) is 12.1 Å². The summed E-state index contributed by atoms with van der Waals surface area (Å²) in [5.41, 5.74) is -2.92. The molecule has 0 unspecified atom stereocenters. The van der Waals surface area contributed by atoms with Crippen molar-refractivity contribution >= 4 is 5.78 Å². The molecular formula is C25H30O15. The second-order valence-corrected chi connectivity index (χ2v) is 9.63. The van der Waals surface area contributed by atoms with E-state index >= 15 is 0 Å². The number of aliphatic hydroxyl groups excluding tert-OH is 8. The van der Waals surface area contributed by atoms with Gasteiger partial charge in [0.2, 0.25) is 5.78 Å². The molecule has 0 saturated carbocycles. The number of carbonyl (C=O) groups excluding carboxylic acids is 1. The molecular weight excluding hydrogens is 540 g/mol. The van der Waals surface area contributed by atoms with Crippen molar-refractivity contribution < 1.29 is 75.5 Å². The van der Waals surface area contributed by atoms with Crippen LogP contribution >= 0.6 is 0 Å². The van der Waals surface area contributed by atoms with Gasteiger partial charge in [-0.25, -0.2) is 0 Å². The van der Waals surface area contributed by atoms with Crippen molar-refractivity contribution in [3.05, 3.63) is 46.5 Å². The van der Waals surface area contributed by atoms with Crippen LogP contribution in [0.4, 0.5) is 0 Å². The quantitative estimate of drug-likeness (QED) is 0.152. The highest BCUT2D eigenvalue weighted by molar-refractivity contribution is 6.13. The number of aliphatic hydroxyl groups is 8. The van der Waals surface area contributed by atoms with E-state index < -0.39 is 114 Å². The van der Waals surface area contributed by atoms with Crippen LogP contribution in [0.5, 0.6) is 23.0 Å². The zero-order valence-corrected chi connectivity index (χ0v) is 20.6. The van der Waals surface area contributed by atoms with Gasteiger partial charge in [0.15, 0.2) is 0 Å². The number of phenols is 4. The highest BCUT2D eigenvalue weighted by atomic mass is 16.6. The van der Waals surface area contributed by atoms with E-state index in [4.69, 9.17) is 9.47 Å². The maximum absolute atomic E-state index is 13.5. The van der Waals surface area contributed by atoms with Crippen LogP contribution in [0.25, 0.3) is 0 Å². The predicted octanol–water partition coefficient (Wildman–Crippen LogP) is -3.23. The lowest BCUT2D eigenvalue weighted by atomic mass is 9.83. The van der Waals surface area contributed by atoms with Gasteiger partial charge in [-0.15, -0.1) is 0 Å². The lowest BCUT2D eigenvalue weighted by molar-refractivity contribution is -0.234. The highest BCUT2D eigenvalue weighted by Gasteiger charge is 2.50. The maximum Gasteiger partial charge on any atom is 0.200 e. The zero-order valence-electron chi connectivity index (χ0n) is 20.6. The number of rotatable bonds is 6. The van der Waals surface area contributed by atoms with Crippen LogP contribution in [0.15, 0.2) is 24.3 Å². The van der Waals surface area contributed by atoms with Crippen molar-refractivity contribution in [3.8, 4) is 23.0 Å². The Morgan fingerprint density at radius 2 is 1.10 bits per heavy atom. The Morgan fingerprint density at radius 1 is 0.650 bits per heavy atom. The summed E-state index contributed by atoms with van der Waals surface area (Å²) >= 11 is 0. The Hall–Kier alpha value is -3.09. The molecule has 12 N–H and O–H groups in total. The molecule has 40 heavy (non-hydrogen) atoms. The molecule has 2 aliphatic heterocycles. The number of aromatic hydroxyl groups is 4. The summed E-state index contributed by atoms with van der Waals surface area (Å²) in [6.07, 6.45) is -18.8. The molecule has 220 valence electrons. The van der Waals surface area contributed by atoms with E-state index in [-0.39, 0.29) is 11.3 Å². The summed E-state index contributed by atoms with van der Waals surface area (Å²) in [4.78, 5) is 13.5. The second-order valence-electron chi connectivity index (χ2n) is 9.63. The minimum atomic E-state index is -2.09. The van der Waals surface area contributed by atoms with E-state index in [0.29, 0.717) is 0 Å². The molecule has 2 aromatic carbocycles. The fourth-order valence-corrected chi connectivity index (χ4v) is 4.98. The fraction of sp³-hybridized carbons (Fsp3) is 0.480. The van der Waals surface area contributed by atoms with Crippen LogP contribution in [0.1, 0.15) is 39.3 Å². The number of hydrogen-bond acceptors (Lipinski definition) is 15. The van der Waals surface area contributed by atoms with E-state index in [0.717, 1.165) is 6.07 Å². The number of hydrogen-bond donors (Lipinski definition) is 12. The third-order valence-electron chi connectivity index (χ3n) is 7.18. The average molecular weight is 571 g/mol. The number of benzene rings is 2. The highest BCUT2D eigenvalue weighted by Crippen LogP contribution is 2.53. The lowest BCUT2D eigenvalue weighted by Crippen LogP contribution is -2.55. The normalized spacial score (nSPS) is 34.5. The largest absolute Gasteiger partial charge is 0.508 e. The molecule has 0 amide bonds. The van der Waals surface area contributed by atoms with Crippen molar-refractivity contribution in [2.45, 2.75) is 61.0 Å². The van der Waals surface area contributed by atoms with Gasteiger partial charge in [-0.3, -0.25) is 4.79 Å². The average Bonchev–Trinajstić information content (AvgIpc) is 2.92. The molecule has 2 heterocycles. The molecule has 2 aliphatic rings. The summed E-state index contributed by atoms with van der Waals surface area (Å²) in [7, 11) is 0. The Balaban J connectivity index is 1.99. The van der Waals surface area contributed by atoms with Crippen LogP contribution in [-0.2, 0) is 9.47 Å². The Kier molecular flexibility index (Phi) is 8.53. The first-order chi connectivity index (χ1) is 18.8. The molecule has 0 radical (unpaired) electrons. The van der Waals surface area contributed by atoms with E-state index in [1.165, 1.54) is 18.2 Å². The monoisotopic (exact) mass is 570 g/mol. The van der Waals surface area contributed by atoms with Crippen LogP contribution < -0.4 is 0 Å². The van der Waals surface area contributed by atoms with Gasteiger partial charge < -0.3 is 70.8 Å². The summed E-state index contributed by atoms with van der Waals surface area (Å²) in [6, 6.07) is 4.68. The van der Waals surface area contributed by atoms with Gasteiger partial charge >= 0.3 is 0 Å². The van der Waals surface area contributed by atoms with Crippen molar-refractivity contribution in [1.82, 2.24) is 0 Å². The van der Waals surface area contributed by atoms with Crippen LogP contribution in [0, 0.1) is 0 Å². The smallest absolute Gasteiger partial charge is 0.200 e. The van der Waals surface area contributed by atoms with Gasteiger partial charge in [-0.05, 0) is 12.1 Å². The van der Waals surface area contributed by atoms with Crippen LogP contribution in [0.2, 0.25) is 0 Å².